The minimum atomic E-state index is -4.50. The number of hydrogen-bond donors (Lipinski definition) is 1. The molecule has 0 saturated carbocycles. The monoisotopic (exact) mass is 287 g/mol. The molecule has 0 aliphatic carbocycles. The van der Waals surface area contributed by atoms with Gasteiger partial charge in [-0.3, -0.25) is 0 Å². The third-order valence-corrected chi connectivity index (χ3v) is 2.87. The summed E-state index contributed by atoms with van der Waals surface area (Å²) >= 11 is 0. The number of halogens is 5. The van der Waals surface area contributed by atoms with Crippen molar-refractivity contribution in [2.45, 2.75) is 12.2 Å². The summed E-state index contributed by atoms with van der Waals surface area (Å²) in [7, 11) is 0. The fourth-order valence-corrected chi connectivity index (χ4v) is 1.84. The minimum Gasteiger partial charge on any atom is -0.320 e. The van der Waals surface area contributed by atoms with Gasteiger partial charge in [0.25, 0.3) is 0 Å². The molecule has 0 heterocycles. The second-order valence-electron chi connectivity index (χ2n) is 4.27. The molecule has 2 aromatic carbocycles. The molecular weight excluding hydrogens is 277 g/mol. The average molecular weight is 287 g/mol. The molecule has 0 radical (unpaired) electrons. The van der Waals surface area contributed by atoms with Gasteiger partial charge in [-0.1, -0.05) is 18.2 Å². The summed E-state index contributed by atoms with van der Waals surface area (Å²) in [5.74, 6) is -1.67. The Hall–Kier alpha value is -1.95. The Labute approximate surface area is 111 Å². The van der Waals surface area contributed by atoms with Crippen LogP contribution in [-0.2, 0) is 6.18 Å². The van der Waals surface area contributed by atoms with Crippen LogP contribution in [0.3, 0.4) is 0 Å². The van der Waals surface area contributed by atoms with Crippen LogP contribution in [0.25, 0.3) is 0 Å². The topological polar surface area (TPSA) is 26.0 Å². The minimum absolute atomic E-state index is 0.0641. The molecule has 2 N–H and O–H groups in total. The van der Waals surface area contributed by atoms with Crippen molar-refractivity contribution in [1.82, 2.24) is 0 Å². The van der Waals surface area contributed by atoms with Gasteiger partial charge in [0.05, 0.1) is 11.6 Å². The van der Waals surface area contributed by atoms with Crippen LogP contribution < -0.4 is 5.73 Å². The van der Waals surface area contributed by atoms with Crippen molar-refractivity contribution in [2.24, 2.45) is 5.73 Å². The lowest BCUT2D eigenvalue weighted by molar-refractivity contribution is -0.137. The molecule has 106 valence electrons. The van der Waals surface area contributed by atoms with E-state index in [1.54, 1.807) is 0 Å². The van der Waals surface area contributed by atoms with E-state index in [-0.39, 0.29) is 11.1 Å². The van der Waals surface area contributed by atoms with Crippen LogP contribution in [0.5, 0.6) is 0 Å². The maximum Gasteiger partial charge on any atom is 0.416 e. The second-order valence-corrected chi connectivity index (χ2v) is 4.27. The van der Waals surface area contributed by atoms with Gasteiger partial charge in [-0.05, 0) is 23.8 Å². The van der Waals surface area contributed by atoms with E-state index >= 15 is 0 Å². The zero-order chi connectivity index (χ0) is 14.9. The van der Waals surface area contributed by atoms with Crippen LogP contribution in [0.15, 0.2) is 42.5 Å². The van der Waals surface area contributed by atoms with Gasteiger partial charge >= 0.3 is 6.18 Å². The van der Waals surface area contributed by atoms with E-state index in [4.69, 9.17) is 5.73 Å². The van der Waals surface area contributed by atoms with Crippen molar-refractivity contribution in [3.05, 3.63) is 70.8 Å². The van der Waals surface area contributed by atoms with Gasteiger partial charge in [-0.25, -0.2) is 8.78 Å². The molecule has 2 aromatic rings. The quantitative estimate of drug-likeness (QED) is 0.829. The van der Waals surface area contributed by atoms with Crippen LogP contribution in [-0.4, -0.2) is 0 Å². The first-order valence-corrected chi connectivity index (χ1v) is 5.66. The first-order chi connectivity index (χ1) is 9.29. The predicted octanol–water partition coefficient (Wildman–Crippen LogP) is 4.03. The Kier molecular flexibility index (Phi) is 3.76. The van der Waals surface area contributed by atoms with Crippen molar-refractivity contribution in [3.8, 4) is 0 Å². The molecule has 0 fully saturated rings. The van der Waals surface area contributed by atoms with E-state index in [1.807, 2.05) is 0 Å². The van der Waals surface area contributed by atoms with Crippen molar-refractivity contribution in [1.29, 1.82) is 0 Å². The molecular formula is C14H10F5N. The highest BCUT2D eigenvalue weighted by Gasteiger charge is 2.31. The summed E-state index contributed by atoms with van der Waals surface area (Å²) in [6.45, 7) is 0. The summed E-state index contributed by atoms with van der Waals surface area (Å²) < 4.78 is 64.2. The summed E-state index contributed by atoms with van der Waals surface area (Å²) in [5, 5.41) is 0. The van der Waals surface area contributed by atoms with E-state index in [9.17, 15) is 22.0 Å². The van der Waals surface area contributed by atoms with Gasteiger partial charge in [0.1, 0.15) is 11.6 Å². The van der Waals surface area contributed by atoms with Crippen molar-refractivity contribution in [3.63, 3.8) is 0 Å². The van der Waals surface area contributed by atoms with E-state index in [0.29, 0.717) is 6.07 Å². The SMILES string of the molecule is NC(c1cccc(C(F)(F)F)c1)c1ccc(F)cc1F. The molecule has 6 heteroatoms. The predicted molar refractivity (Wildman–Crippen MR) is 63.8 cm³/mol. The fourth-order valence-electron chi connectivity index (χ4n) is 1.84. The Balaban J connectivity index is 2.41. The lowest BCUT2D eigenvalue weighted by Crippen LogP contribution is -2.15. The molecule has 0 spiro atoms. The molecule has 0 amide bonds. The summed E-state index contributed by atoms with van der Waals surface area (Å²) in [6, 6.07) is 5.98. The van der Waals surface area contributed by atoms with Gasteiger partial charge in [0.15, 0.2) is 0 Å². The number of rotatable bonds is 2. The Morgan fingerprint density at radius 2 is 1.65 bits per heavy atom. The maximum atomic E-state index is 13.6. The van der Waals surface area contributed by atoms with E-state index < -0.39 is 29.4 Å². The molecule has 0 saturated heterocycles. The first kappa shape index (κ1) is 14.5. The third kappa shape index (κ3) is 2.96. The standard InChI is InChI=1S/C14H10F5N/c15-10-4-5-11(12(16)7-10)13(20)8-2-1-3-9(6-8)14(17,18)19/h1-7,13H,20H2. The molecule has 0 bridgehead atoms. The normalized spacial score (nSPS) is 13.3. The van der Waals surface area contributed by atoms with E-state index in [0.717, 1.165) is 24.3 Å². The van der Waals surface area contributed by atoms with Crippen molar-refractivity contribution in [2.75, 3.05) is 0 Å². The zero-order valence-electron chi connectivity index (χ0n) is 10.1. The van der Waals surface area contributed by atoms with Gasteiger partial charge in [-0.15, -0.1) is 0 Å². The molecule has 1 unspecified atom stereocenters. The van der Waals surface area contributed by atoms with Crippen LogP contribution in [0, 0.1) is 11.6 Å². The first-order valence-electron chi connectivity index (χ1n) is 5.66. The third-order valence-electron chi connectivity index (χ3n) is 2.87. The molecule has 2 rings (SSSR count). The number of benzene rings is 2. The van der Waals surface area contributed by atoms with Crippen LogP contribution >= 0.6 is 0 Å². The summed E-state index contributed by atoms with van der Waals surface area (Å²) in [6.07, 6.45) is -4.50. The Morgan fingerprint density at radius 3 is 2.25 bits per heavy atom. The maximum absolute atomic E-state index is 13.6. The van der Waals surface area contributed by atoms with Crippen LogP contribution in [0.2, 0.25) is 0 Å². The van der Waals surface area contributed by atoms with Gasteiger partial charge in [-0.2, -0.15) is 13.2 Å². The molecule has 20 heavy (non-hydrogen) atoms. The zero-order valence-corrected chi connectivity index (χ0v) is 10.1. The van der Waals surface area contributed by atoms with E-state index in [2.05, 4.69) is 0 Å². The lowest BCUT2D eigenvalue weighted by atomic mass is 9.97. The Morgan fingerprint density at radius 1 is 0.950 bits per heavy atom. The number of hydrogen-bond acceptors (Lipinski definition) is 1. The summed E-state index contributed by atoms with van der Waals surface area (Å²) in [4.78, 5) is 0. The smallest absolute Gasteiger partial charge is 0.320 e. The average Bonchev–Trinajstić information content (AvgIpc) is 2.37. The van der Waals surface area contributed by atoms with E-state index in [1.165, 1.54) is 12.1 Å². The van der Waals surface area contributed by atoms with Gasteiger partial charge < -0.3 is 5.73 Å². The number of nitrogens with two attached hydrogens (primary N) is 1. The molecule has 1 atom stereocenters. The summed E-state index contributed by atoms with van der Waals surface area (Å²) in [5.41, 5.74) is 4.92. The number of alkyl halides is 3. The highest BCUT2D eigenvalue weighted by Crippen LogP contribution is 2.32. The Bertz CT molecular complexity index is 621. The largest absolute Gasteiger partial charge is 0.416 e. The highest BCUT2D eigenvalue weighted by atomic mass is 19.4. The fraction of sp³-hybridized carbons (Fsp3) is 0.143. The second kappa shape index (κ2) is 5.20. The molecule has 1 nitrogen and oxygen atoms in total. The molecule has 0 aliphatic heterocycles. The van der Waals surface area contributed by atoms with Crippen LogP contribution in [0.4, 0.5) is 22.0 Å². The molecule has 0 aliphatic rings. The van der Waals surface area contributed by atoms with Gasteiger partial charge in [0, 0.05) is 11.6 Å². The van der Waals surface area contributed by atoms with Crippen molar-refractivity contribution < 1.29 is 22.0 Å². The molecule has 0 aromatic heterocycles. The van der Waals surface area contributed by atoms with Gasteiger partial charge in [0.2, 0.25) is 0 Å². The lowest BCUT2D eigenvalue weighted by Gasteiger charge is -2.15. The highest BCUT2D eigenvalue weighted by molar-refractivity contribution is 5.35. The van der Waals surface area contributed by atoms with Crippen molar-refractivity contribution >= 4 is 0 Å². The van der Waals surface area contributed by atoms with Crippen LogP contribution in [0.1, 0.15) is 22.7 Å².